The molecule has 2 aromatic heterocycles. The van der Waals surface area contributed by atoms with E-state index in [1.807, 2.05) is 6.92 Å². The minimum atomic E-state index is -4.43. The summed E-state index contributed by atoms with van der Waals surface area (Å²) in [6.45, 7) is 1.83. The Kier molecular flexibility index (Phi) is 4.49. The summed E-state index contributed by atoms with van der Waals surface area (Å²) in [4.78, 5) is 8.07. The molecule has 0 aliphatic heterocycles. The molecule has 1 atom stereocenters. The Morgan fingerprint density at radius 1 is 1.19 bits per heavy atom. The molecule has 3 aromatic rings. The van der Waals surface area contributed by atoms with Gasteiger partial charge < -0.3 is 5.73 Å². The summed E-state index contributed by atoms with van der Waals surface area (Å²) < 4.78 is 63.9. The van der Waals surface area contributed by atoms with E-state index in [9.17, 15) is 21.6 Å². The van der Waals surface area contributed by atoms with Gasteiger partial charge in [-0.2, -0.15) is 13.2 Å². The van der Waals surface area contributed by atoms with Crippen LogP contribution in [0.15, 0.2) is 47.6 Å². The molecule has 0 saturated heterocycles. The van der Waals surface area contributed by atoms with Crippen LogP contribution in [0.4, 0.5) is 13.2 Å². The van der Waals surface area contributed by atoms with Crippen LogP contribution in [0.25, 0.3) is 11.2 Å². The zero-order valence-electron chi connectivity index (χ0n) is 13.6. The van der Waals surface area contributed by atoms with Crippen molar-refractivity contribution in [1.29, 1.82) is 0 Å². The number of alkyl halides is 3. The van der Waals surface area contributed by atoms with Crippen LogP contribution in [0.3, 0.4) is 0 Å². The number of halogens is 3. The van der Waals surface area contributed by atoms with Crippen molar-refractivity contribution in [3.63, 3.8) is 0 Å². The highest BCUT2D eigenvalue weighted by atomic mass is 32.2. The number of hydrogen-bond acceptors (Lipinski definition) is 5. The van der Waals surface area contributed by atoms with Crippen LogP contribution in [0, 0.1) is 6.92 Å². The second kappa shape index (κ2) is 6.36. The Morgan fingerprint density at radius 2 is 1.85 bits per heavy atom. The van der Waals surface area contributed by atoms with Gasteiger partial charge in [-0.3, -0.25) is 0 Å². The third-order valence-corrected chi connectivity index (χ3v) is 5.46. The Hall–Kier alpha value is -2.46. The molecule has 138 valence electrons. The average Bonchev–Trinajstić information content (AvgIpc) is 2.97. The topological polar surface area (TPSA) is 90.9 Å². The summed E-state index contributed by atoms with van der Waals surface area (Å²) in [5.41, 5.74) is 6.54. The fraction of sp³-hybridized carbons (Fsp3) is 0.250. The maximum absolute atomic E-state index is 12.7. The molecule has 1 unspecified atom stereocenters. The Morgan fingerprint density at radius 3 is 2.46 bits per heavy atom. The van der Waals surface area contributed by atoms with Crippen molar-refractivity contribution in [3.05, 3.63) is 54.0 Å². The predicted molar refractivity (Wildman–Crippen MR) is 88.9 cm³/mol. The molecule has 1 aromatic carbocycles. The van der Waals surface area contributed by atoms with Gasteiger partial charge in [0.15, 0.2) is 5.65 Å². The van der Waals surface area contributed by atoms with Gasteiger partial charge >= 0.3 is 6.18 Å². The monoisotopic (exact) mass is 384 g/mol. The van der Waals surface area contributed by atoms with Crippen molar-refractivity contribution < 1.29 is 21.6 Å². The third kappa shape index (κ3) is 3.56. The summed E-state index contributed by atoms with van der Waals surface area (Å²) in [6.07, 6.45) is -3.34. The largest absolute Gasteiger partial charge is 0.390 e. The molecule has 0 aliphatic carbocycles. The van der Waals surface area contributed by atoms with E-state index in [0.29, 0.717) is 0 Å². The van der Waals surface area contributed by atoms with Crippen molar-refractivity contribution in [2.24, 2.45) is 5.73 Å². The molecular weight excluding hydrogens is 369 g/mol. The minimum Gasteiger partial charge on any atom is -0.322 e. The SMILES string of the molecule is Cc1ccc(S(=O)(=O)n2ccc3nc(C(N)CC(F)(F)F)cnc32)cc1. The fourth-order valence-corrected chi connectivity index (χ4v) is 3.75. The Balaban J connectivity index is 2.01. The summed E-state index contributed by atoms with van der Waals surface area (Å²) in [5, 5.41) is 0. The van der Waals surface area contributed by atoms with Crippen molar-refractivity contribution in [2.75, 3.05) is 0 Å². The molecule has 26 heavy (non-hydrogen) atoms. The highest BCUT2D eigenvalue weighted by Gasteiger charge is 2.32. The van der Waals surface area contributed by atoms with Crippen molar-refractivity contribution >= 4 is 21.2 Å². The lowest BCUT2D eigenvalue weighted by molar-refractivity contribution is -0.138. The Labute approximate surface area is 147 Å². The molecule has 0 bridgehead atoms. The van der Waals surface area contributed by atoms with Gasteiger partial charge in [-0.1, -0.05) is 17.7 Å². The second-order valence-electron chi connectivity index (χ2n) is 5.86. The number of benzene rings is 1. The normalized spacial score (nSPS) is 13.9. The maximum atomic E-state index is 12.7. The van der Waals surface area contributed by atoms with Gasteiger partial charge in [0.2, 0.25) is 0 Å². The molecule has 10 heteroatoms. The van der Waals surface area contributed by atoms with Gasteiger partial charge in [-0.25, -0.2) is 22.4 Å². The fourth-order valence-electron chi connectivity index (χ4n) is 2.45. The molecule has 0 fully saturated rings. The Bertz CT molecular complexity index is 1040. The highest BCUT2D eigenvalue weighted by molar-refractivity contribution is 7.90. The second-order valence-corrected chi connectivity index (χ2v) is 7.67. The molecule has 0 saturated carbocycles. The number of nitrogens with two attached hydrogens (primary N) is 1. The van der Waals surface area contributed by atoms with E-state index in [1.54, 1.807) is 12.1 Å². The number of aromatic nitrogens is 3. The third-order valence-electron chi connectivity index (χ3n) is 3.78. The molecule has 6 nitrogen and oxygen atoms in total. The molecule has 0 aliphatic rings. The van der Waals surface area contributed by atoms with Gasteiger partial charge in [0.25, 0.3) is 10.0 Å². The van der Waals surface area contributed by atoms with Crippen molar-refractivity contribution in [3.8, 4) is 0 Å². The maximum Gasteiger partial charge on any atom is 0.390 e. The number of hydrogen-bond donors (Lipinski definition) is 1. The number of fused-ring (bicyclic) bond motifs is 1. The first-order valence-corrected chi connectivity index (χ1v) is 9.00. The first-order valence-electron chi connectivity index (χ1n) is 7.56. The first kappa shape index (κ1) is 18.3. The summed E-state index contributed by atoms with van der Waals surface area (Å²) in [7, 11) is -3.90. The molecular formula is C16H15F3N4O2S. The lowest BCUT2D eigenvalue weighted by Gasteiger charge is -2.13. The summed E-state index contributed by atoms with van der Waals surface area (Å²) >= 11 is 0. The van der Waals surface area contributed by atoms with Crippen molar-refractivity contribution in [1.82, 2.24) is 13.9 Å². The van der Waals surface area contributed by atoms with Crippen molar-refractivity contribution in [2.45, 2.75) is 30.5 Å². The number of nitrogens with zero attached hydrogens (tertiary/aromatic N) is 3. The number of rotatable bonds is 4. The smallest absolute Gasteiger partial charge is 0.322 e. The van der Waals surface area contributed by atoms with Gasteiger partial charge in [-0.15, -0.1) is 0 Å². The van der Waals surface area contributed by atoms with E-state index in [-0.39, 0.29) is 21.8 Å². The zero-order valence-corrected chi connectivity index (χ0v) is 14.4. The van der Waals surface area contributed by atoms with Gasteiger partial charge in [0.05, 0.1) is 29.2 Å². The molecule has 3 rings (SSSR count). The van der Waals surface area contributed by atoms with Crippen LogP contribution in [-0.4, -0.2) is 28.5 Å². The molecule has 2 heterocycles. The lowest BCUT2D eigenvalue weighted by atomic mass is 10.1. The van der Waals surface area contributed by atoms with E-state index in [0.717, 1.165) is 15.7 Å². The highest BCUT2D eigenvalue weighted by Crippen LogP contribution is 2.28. The van der Waals surface area contributed by atoms with Gasteiger partial charge in [0.1, 0.15) is 5.52 Å². The number of aryl methyl sites for hydroxylation is 1. The first-order chi connectivity index (χ1) is 12.1. The standard InChI is InChI=1S/C16H15F3N4O2S/c1-10-2-4-11(5-3-10)26(24,25)23-7-6-13-15(23)21-9-14(22-13)12(20)8-16(17,18)19/h2-7,9,12H,8,20H2,1H3. The van der Waals surface area contributed by atoms with E-state index in [1.165, 1.54) is 24.4 Å². The lowest BCUT2D eigenvalue weighted by Crippen LogP contribution is -2.21. The quantitative estimate of drug-likeness (QED) is 0.747. The van der Waals surface area contributed by atoms with Crippen LogP contribution in [0.1, 0.15) is 23.7 Å². The van der Waals surface area contributed by atoms with Crippen LogP contribution in [0.2, 0.25) is 0 Å². The summed E-state index contributed by atoms with van der Waals surface area (Å²) in [6, 6.07) is 6.27. The average molecular weight is 384 g/mol. The molecule has 2 N–H and O–H groups in total. The van der Waals surface area contributed by atoms with Crippen LogP contribution >= 0.6 is 0 Å². The van der Waals surface area contributed by atoms with Crippen LogP contribution in [-0.2, 0) is 10.0 Å². The van der Waals surface area contributed by atoms with Gasteiger partial charge in [-0.05, 0) is 25.1 Å². The molecule has 0 amide bonds. The van der Waals surface area contributed by atoms with Gasteiger partial charge in [0, 0.05) is 6.20 Å². The summed E-state index contributed by atoms with van der Waals surface area (Å²) in [5.74, 6) is 0. The van der Waals surface area contributed by atoms with Crippen LogP contribution < -0.4 is 5.73 Å². The zero-order chi connectivity index (χ0) is 19.1. The molecule has 0 spiro atoms. The van der Waals surface area contributed by atoms with E-state index in [4.69, 9.17) is 5.73 Å². The van der Waals surface area contributed by atoms with E-state index < -0.39 is 28.7 Å². The predicted octanol–water partition coefficient (Wildman–Crippen LogP) is 2.93. The minimum absolute atomic E-state index is 0.0218. The molecule has 0 radical (unpaired) electrons. The van der Waals surface area contributed by atoms with E-state index in [2.05, 4.69) is 9.97 Å². The van der Waals surface area contributed by atoms with E-state index >= 15 is 0 Å². The van der Waals surface area contributed by atoms with Crippen LogP contribution in [0.5, 0.6) is 0 Å².